The van der Waals surface area contributed by atoms with Crippen LogP contribution >= 0.6 is 11.5 Å². The van der Waals surface area contributed by atoms with E-state index >= 15 is 0 Å². The second-order valence-electron chi connectivity index (χ2n) is 2.59. The highest BCUT2D eigenvalue weighted by atomic mass is 32.1. The molecule has 3 N–H and O–H groups in total. The second kappa shape index (κ2) is 4.92. The van der Waals surface area contributed by atoms with Gasteiger partial charge in [-0.15, -0.1) is 0 Å². The van der Waals surface area contributed by atoms with E-state index in [1.54, 1.807) is 0 Å². The van der Waals surface area contributed by atoms with E-state index in [0.717, 1.165) is 11.7 Å². The SMILES string of the molecule is CCCCCNc1nc(N)ns1. The fourth-order valence-electron chi connectivity index (χ4n) is 0.877. The molecule has 1 rings (SSSR count). The van der Waals surface area contributed by atoms with Gasteiger partial charge < -0.3 is 11.1 Å². The number of hydrogen-bond acceptors (Lipinski definition) is 5. The molecule has 0 radical (unpaired) electrons. The molecule has 0 aliphatic rings. The molecular formula is C7H14N4S. The van der Waals surface area contributed by atoms with Crippen LogP contribution < -0.4 is 11.1 Å². The molecule has 0 saturated carbocycles. The normalized spacial score (nSPS) is 10.1. The van der Waals surface area contributed by atoms with Gasteiger partial charge in [-0.3, -0.25) is 0 Å². The zero-order valence-electron chi connectivity index (χ0n) is 7.21. The number of nitrogens with two attached hydrogens (primary N) is 1. The summed E-state index contributed by atoms with van der Waals surface area (Å²) in [5.74, 6) is 0.359. The van der Waals surface area contributed by atoms with Crippen molar-refractivity contribution in [3.8, 4) is 0 Å². The van der Waals surface area contributed by atoms with Gasteiger partial charge in [0, 0.05) is 18.1 Å². The van der Waals surface area contributed by atoms with Gasteiger partial charge in [-0.1, -0.05) is 19.8 Å². The molecule has 5 heteroatoms. The molecular weight excluding hydrogens is 172 g/mol. The molecule has 68 valence electrons. The Morgan fingerprint density at radius 3 is 2.92 bits per heavy atom. The molecule has 0 unspecified atom stereocenters. The monoisotopic (exact) mass is 186 g/mol. The Morgan fingerprint density at radius 1 is 1.50 bits per heavy atom. The smallest absolute Gasteiger partial charge is 0.233 e. The molecule has 0 amide bonds. The molecule has 1 aromatic heterocycles. The quantitative estimate of drug-likeness (QED) is 0.687. The van der Waals surface area contributed by atoms with Crippen LogP contribution in [0.3, 0.4) is 0 Å². The Balaban J connectivity index is 2.15. The van der Waals surface area contributed by atoms with Crippen LogP contribution in [0.5, 0.6) is 0 Å². The Kier molecular flexibility index (Phi) is 3.79. The van der Waals surface area contributed by atoms with Crippen molar-refractivity contribution in [2.24, 2.45) is 0 Å². The molecule has 1 aromatic rings. The molecule has 1 heterocycles. The van der Waals surface area contributed by atoms with Crippen LogP contribution in [0.25, 0.3) is 0 Å². The number of nitrogens with one attached hydrogen (secondary N) is 1. The summed E-state index contributed by atoms with van der Waals surface area (Å²) in [6, 6.07) is 0. The molecule has 0 fully saturated rings. The van der Waals surface area contributed by atoms with Gasteiger partial charge in [-0.25, -0.2) is 0 Å². The lowest BCUT2D eigenvalue weighted by atomic mass is 10.2. The largest absolute Gasteiger partial charge is 0.367 e. The summed E-state index contributed by atoms with van der Waals surface area (Å²) < 4.78 is 3.86. The third kappa shape index (κ3) is 3.04. The van der Waals surface area contributed by atoms with Gasteiger partial charge in [0.25, 0.3) is 0 Å². The number of nitrogen functional groups attached to an aromatic ring is 1. The summed E-state index contributed by atoms with van der Waals surface area (Å²) in [5, 5.41) is 3.99. The number of aromatic nitrogens is 2. The summed E-state index contributed by atoms with van der Waals surface area (Å²) in [7, 11) is 0. The Labute approximate surface area is 76.4 Å². The summed E-state index contributed by atoms with van der Waals surface area (Å²) in [4.78, 5) is 3.98. The molecule has 0 aromatic carbocycles. The number of nitrogens with zero attached hydrogens (tertiary/aromatic N) is 2. The van der Waals surface area contributed by atoms with E-state index in [9.17, 15) is 0 Å². The lowest BCUT2D eigenvalue weighted by Gasteiger charge is -1.98. The fraction of sp³-hybridized carbons (Fsp3) is 0.714. The predicted octanol–water partition coefficient (Wildman–Crippen LogP) is 1.72. The van der Waals surface area contributed by atoms with Gasteiger partial charge in [0.05, 0.1) is 0 Å². The maximum absolute atomic E-state index is 5.36. The van der Waals surface area contributed by atoms with Crippen molar-refractivity contribution in [3.63, 3.8) is 0 Å². The number of anilines is 2. The van der Waals surface area contributed by atoms with Crippen molar-refractivity contribution in [1.29, 1.82) is 0 Å². The zero-order chi connectivity index (χ0) is 8.81. The summed E-state index contributed by atoms with van der Waals surface area (Å²) in [5.41, 5.74) is 5.36. The summed E-state index contributed by atoms with van der Waals surface area (Å²) >= 11 is 1.31. The van der Waals surface area contributed by atoms with Crippen LogP contribution in [0.1, 0.15) is 26.2 Å². The molecule has 0 saturated heterocycles. The van der Waals surface area contributed by atoms with E-state index in [4.69, 9.17) is 5.73 Å². The van der Waals surface area contributed by atoms with Gasteiger partial charge in [0.15, 0.2) is 0 Å². The third-order valence-electron chi connectivity index (χ3n) is 1.50. The molecule has 4 nitrogen and oxygen atoms in total. The van der Waals surface area contributed by atoms with E-state index in [0.29, 0.717) is 5.95 Å². The van der Waals surface area contributed by atoms with E-state index in [1.165, 1.54) is 30.8 Å². The van der Waals surface area contributed by atoms with Gasteiger partial charge >= 0.3 is 0 Å². The predicted molar refractivity (Wildman–Crippen MR) is 52.3 cm³/mol. The average molecular weight is 186 g/mol. The van der Waals surface area contributed by atoms with Crippen molar-refractivity contribution in [1.82, 2.24) is 9.36 Å². The lowest BCUT2D eigenvalue weighted by molar-refractivity contribution is 0.743. The maximum Gasteiger partial charge on any atom is 0.233 e. The van der Waals surface area contributed by atoms with Gasteiger partial charge in [-0.2, -0.15) is 9.36 Å². The maximum atomic E-state index is 5.36. The van der Waals surface area contributed by atoms with Gasteiger partial charge in [0.2, 0.25) is 11.1 Å². The fourth-order valence-corrected chi connectivity index (χ4v) is 1.40. The minimum Gasteiger partial charge on any atom is -0.367 e. The molecule has 0 aliphatic carbocycles. The summed E-state index contributed by atoms with van der Waals surface area (Å²) in [6.45, 7) is 3.14. The Hall–Kier alpha value is -0.840. The second-order valence-corrected chi connectivity index (χ2v) is 3.34. The van der Waals surface area contributed by atoms with E-state index in [1.807, 2.05) is 0 Å². The minimum atomic E-state index is 0.359. The topological polar surface area (TPSA) is 63.8 Å². The van der Waals surface area contributed by atoms with Crippen LogP contribution in [-0.2, 0) is 0 Å². The van der Waals surface area contributed by atoms with Crippen molar-refractivity contribution in [3.05, 3.63) is 0 Å². The minimum absolute atomic E-state index is 0.359. The highest BCUT2D eigenvalue weighted by Crippen LogP contribution is 2.11. The zero-order valence-corrected chi connectivity index (χ0v) is 8.02. The molecule has 12 heavy (non-hydrogen) atoms. The first-order valence-electron chi connectivity index (χ1n) is 4.16. The molecule has 0 aliphatic heterocycles. The average Bonchev–Trinajstić information content (AvgIpc) is 2.45. The Morgan fingerprint density at radius 2 is 2.33 bits per heavy atom. The number of hydrogen-bond donors (Lipinski definition) is 2. The molecule has 0 atom stereocenters. The van der Waals surface area contributed by atoms with Gasteiger partial charge in [-0.05, 0) is 6.42 Å². The highest BCUT2D eigenvalue weighted by Gasteiger charge is 1.97. The van der Waals surface area contributed by atoms with E-state index in [2.05, 4.69) is 21.6 Å². The van der Waals surface area contributed by atoms with Crippen LogP contribution in [0.2, 0.25) is 0 Å². The van der Waals surface area contributed by atoms with Crippen molar-refractivity contribution in [2.75, 3.05) is 17.6 Å². The third-order valence-corrected chi connectivity index (χ3v) is 2.19. The first-order valence-corrected chi connectivity index (χ1v) is 4.93. The van der Waals surface area contributed by atoms with Crippen LogP contribution in [0, 0.1) is 0 Å². The summed E-state index contributed by atoms with van der Waals surface area (Å²) in [6.07, 6.45) is 3.66. The van der Waals surface area contributed by atoms with Crippen LogP contribution in [0.15, 0.2) is 0 Å². The first-order chi connectivity index (χ1) is 5.83. The highest BCUT2D eigenvalue weighted by molar-refractivity contribution is 7.09. The molecule has 0 spiro atoms. The van der Waals surface area contributed by atoms with Crippen LogP contribution in [-0.4, -0.2) is 15.9 Å². The van der Waals surface area contributed by atoms with E-state index in [-0.39, 0.29) is 0 Å². The van der Waals surface area contributed by atoms with Crippen LogP contribution in [0.4, 0.5) is 11.1 Å². The number of rotatable bonds is 5. The lowest BCUT2D eigenvalue weighted by Crippen LogP contribution is -2.00. The Bertz CT molecular complexity index is 223. The van der Waals surface area contributed by atoms with Crippen molar-refractivity contribution < 1.29 is 0 Å². The standard InChI is InChI=1S/C7H14N4S/c1-2-3-4-5-9-7-10-6(8)11-12-7/h2-5H2,1H3,(H3,8,9,10,11). The van der Waals surface area contributed by atoms with Crippen molar-refractivity contribution >= 4 is 22.6 Å². The van der Waals surface area contributed by atoms with Crippen molar-refractivity contribution in [2.45, 2.75) is 26.2 Å². The molecule has 0 bridgehead atoms. The van der Waals surface area contributed by atoms with E-state index < -0.39 is 0 Å². The first kappa shape index (κ1) is 9.25. The van der Waals surface area contributed by atoms with Gasteiger partial charge in [0.1, 0.15) is 0 Å². The number of unbranched alkanes of at least 4 members (excludes halogenated alkanes) is 2.